The molecule has 0 N–H and O–H groups in total. The molecule has 0 spiro atoms. The Morgan fingerprint density at radius 1 is 0.273 bits per heavy atom. The van der Waals surface area contributed by atoms with Gasteiger partial charge in [-0.3, -0.25) is 0 Å². The van der Waals surface area contributed by atoms with Crippen molar-refractivity contribution in [2.75, 3.05) is 19.8 Å². The van der Waals surface area contributed by atoms with E-state index in [1.54, 1.807) is 0 Å². The van der Waals surface area contributed by atoms with Gasteiger partial charge in [-0.2, -0.15) is 4.57 Å². The average Bonchev–Trinajstić information content (AvgIpc) is 0.740. The Bertz CT molecular complexity index is 3400. The first-order valence-electron chi connectivity index (χ1n) is 43.3. The van der Waals surface area contributed by atoms with E-state index in [0.29, 0.717) is 53.1 Å². The van der Waals surface area contributed by atoms with Crippen molar-refractivity contribution in [3.8, 4) is 67.9 Å². The Morgan fingerprint density at radius 3 is 0.664 bits per heavy atom. The quantitative estimate of drug-likeness (QED) is 0.0214. The second-order valence-corrected chi connectivity index (χ2v) is 40.8. The lowest BCUT2D eigenvalue weighted by atomic mass is 9.74. The standard InChI is InChI=1S/C99H150Br3O7P/c1-22-25-28-31-34-37-40-43-46-55-64-104-82-61-52-49-58-73(82)88-76(70-100)91(97(13,14)15)85(67-79(88)94(4,5)6)107-110(103,108-86-68-80(95(7,8)9)89(77(71-101)92(86)98(16,17)18)74-59-50-53-62-83(74)105-65-56-47-44-41-38-35-32-29-26-23-2)109-87-69-81(96(10,11)12)90(78(72-102)93(87)99(19,20)21)75-60-51-54-63-84(75)106-66-57-48-45-42-39-36-33-30-27-24-3/h49-54,58-63,67-69H,22-48,55-57,64-66,70-72H2,1-21H3. The highest BCUT2D eigenvalue weighted by Gasteiger charge is 2.44. The van der Waals surface area contributed by atoms with Gasteiger partial charge in [0.25, 0.3) is 0 Å². The SMILES string of the molecule is CCCCCCCCCCCCOc1ccccc1-c1c(C(C)(C)C)cc(OP(=O)(Oc2cc(C(C)(C)C)c(-c3ccccc3OCCCCCCCCCCCC)c(CBr)c2C(C)(C)C)Oc2cc(C(C)(C)C)c(-c3ccccc3OCCCCCCCCCCCC)c(CBr)c2C(C)(C)C)c(C(C)(C)C)c1CBr. The lowest BCUT2D eigenvalue weighted by Gasteiger charge is -2.36. The molecular formula is C99H150Br3O7P. The van der Waals surface area contributed by atoms with Crippen molar-refractivity contribution in [3.05, 3.63) is 141 Å². The molecule has 0 aliphatic carbocycles. The summed E-state index contributed by atoms with van der Waals surface area (Å²) >= 11 is 12.4. The van der Waals surface area contributed by atoms with Crippen molar-refractivity contribution >= 4 is 55.6 Å². The molecule has 7 nitrogen and oxygen atoms in total. The second-order valence-electron chi connectivity index (χ2n) is 37.7. The third-order valence-corrected chi connectivity index (χ3v) is 24.6. The molecule has 0 amide bonds. The maximum absolute atomic E-state index is 18.2. The zero-order valence-corrected chi connectivity index (χ0v) is 78.7. The molecule has 0 atom stereocenters. The number of phosphoric ester groups is 1. The molecule has 0 heterocycles. The van der Waals surface area contributed by atoms with Crippen LogP contribution >= 0.6 is 55.6 Å². The van der Waals surface area contributed by atoms with Crippen LogP contribution < -0.4 is 27.8 Å². The number of ether oxygens (including phenoxy) is 3. The minimum Gasteiger partial charge on any atom is -0.493 e. The van der Waals surface area contributed by atoms with Gasteiger partial charge in [0.05, 0.1) is 19.8 Å². The fourth-order valence-electron chi connectivity index (χ4n) is 16.0. The van der Waals surface area contributed by atoms with E-state index in [0.717, 1.165) is 139 Å². The summed E-state index contributed by atoms with van der Waals surface area (Å²) in [5, 5.41) is 1.42. The molecule has 6 rings (SSSR count). The van der Waals surface area contributed by atoms with Crippen LogP contribution in [0, 0.1) is 0 Å². The van der Waals surface area contributed by atoms with Crippen molar-refractivity contribution < 1.29 is 32.3 Å². The van der Waals surface area contributed by atoms with Crippen molar-refractivity contribution in [3.63, 3.8) is 0 Å². The van der Waals surface area contributed by atoms with Crippen molar-refractivity contribution in [1.82, 2.24) is 0 Å². The molecule has 0 aromatic heterocycles. The van der Waals surface area contributed by atoms with E-state index in [2.05, 4.69) is 284 Å². The molecule has 0 fully saturated rings. The van der Waals surface area contributed by atoms with Gasteiger partial charge in [0, 0.05) is 49.4 Å². The lowest BCUT2D eigenvalue weighted by molar-refractivity contribution is 0.289. The third-order valence-electron chi connectivity index (χ3n) is 21.6. The van der Waals surface area contributed by atoms with Gasteiger partial charge >= 0.3 is 7.82 Å². The van der Waals surface area contributed by atoms with Crippen LogP contribution in [0.1, 0.15) is 388 Å². The van der Waals surface area contributed by atoms with E-state index in [1.807, 2.05) is 0 Å². The first-order chi connectivity index (χ1) is 52.1. The van der Waals surface area contributed by atoms with Crippen molar-refractivity contribution in [2.45, 2.75) is 387 Å². The van der Waals surface area contributed by atoms with Crippen LogP contribution in [0.4, 0.5) is 0 Å². The van der Waals surface area contributed by atoms with E-state index in [4.69, 9.17) is 27.8 Å². The number of unbranched alkanes of at least 4 members (excludes halogenated alkanes) is 27. The first-order valence-corrected chi connectivity index (χ1v) is 48.1. The lowest BCUT2D eigenvalue weighted by Crippen LogP contribution is -2.24. The highest BCUT2D eigenvalue weighted by atomic mass is 79.9. The summed E-state index contributed by atoms with van der Waals surface area (Å²) in [4.78, 5) is 0. The molecule has 0 bridgehead atoms. The minimum atomic E-state index is -5.00. The van der Waals surface area contributed by atoms with Crippen molar-refractivity contribution in [1.29, 1.82) is 0 Å². The van der Waals surface area contributed by atoms with Crippen LogP contribution in [0.25, 0.3) is 33.4 Å². The van der Waals surface area contributed by atoms with Gasteiger partial charge in [0.1, 0.15) is 34.5 Å². The van der Waals surface area contributed by atoms with Crippen LogP contribution in [0.2, 0.25) is 0 Å². The Labute approximate surface area is 698 Å². The van der Waals surface area contributed by atoms with Gasteiger partial charge in [0.15, 0.2) is 0 Å². The predicted molar refractivity (Wildman–Crippen MR) is 487 cm³/mol. The smallest absolute Gasteiger partial charge is 0.493 e. The zero-order valence-electron chi connectivity index (χ0n) is 73.1. The molecule has 6 aromatic carbocycles. The van der Waals surface area contributed by atoms with Crippen LogP contribution in [-0.2, 0) is 53.0 Å². The number of hydrogen-bond acceptors (Lipinski definition) is 7. The molecule has 0 radical (unpaired) electrons. The molecule has 0 aliphatic heterocycles. The predicted octanol–water partition coefficient (Wildman–Crippen LogP) is 33.7. The monoisotopic (exact) mass is 1720 g/mol. The average molecular weight is 1720 g/mol. The summed E-state index contributed by atoms with van der Waals surface area (Å²) in [5.74, 6) is 3.85. The topological polar surface area (TPSA) is 72.5 Å². The maximum atomic E-state index is 18.2. The van der Waals surface area contributed by atoms with E-state index >= 15 is 4.57 Å². The Balaban J connectivity index is 1.61. The number of hydrogen-bond donors (Lipinski definition) is 0. The molecular weight excluding hydrogens is 1570 g/mol. The fourth-order valence-corrected chi connectivity index (χ4v) is 19.0. The molecule has 614 valence electrons. The van der Waals surface area contributed by atoms with Crippen LogP contribution in [0.15, 0.2) is 91.0 Å². The number of rotatable bonds is 48. The molecule has 0 saturated heterocycles. The molecule has 110 heavy (non-hydrogen) atoms. The molecule has 11 heteroatoms. The highest BCUT2D eigenvalue weighted by molar-refractivity contribution is 9.09. The zero-order chi connectivity index (χ0) is 80.9. The third kappa shape index (κ3) is 28.3. The van der Waals surface area contributed by atoms with Crippen LogP contribution in [0.5, 0.6) is 34.5 Å². The Morgan fingerprint density at radius 2 is 0.473 bits per heavy atom. The fraction of sp³-hybridized carbons (Fsp3) is 0.636. The van der Waals surface area contributed by atoms with Gasteiger partial charge in [-0.15, -0.1) is 0 Å². The number of phosphoric acid groups is 1. The van der Waals surface area contributed by atoms with Crippen LogP contribution in [0.3, 0.4) is 0 Å². The summed E-state index contributed by atoms with van der Waals surface area (Å²) in [6, 6.07) is 32.1. The highest BCUT2D eigenvalue weighted by Crippen LogP contribution is 2.60. The van der Waals surface area contributed by atoms with Gasteiger partial charge < -0.3 is 27.8 Å². The van der Waals surface area contributed by atoms with E-state index in [9.17, 15) is 0 Å². The first kappa shape index (κ1) is 94.6. The van der Waals surface area contributed by atoms with Crippen molar-refractivity contribution in [2.24, 2.45) is 0 Å². The van der Waals surface area contributed by atoms with Gasteiger partial charge in [0.2, 0.25) is 0 Å². The van der Waals surface area contributed by atoms with Gasteiger partial charge in [-0.1, -0.05) is 421 Å². The Hall–Kier alpha value is -4.21. The normalized spacial score (nSPS) is 12.6. The second kappa shape index (κ2) is 45.3. The van der Waals surface area contributed by atoms with Gasteiger partial charge in [-0.25, -0.2) is 0 Å². The van der Waals surface area contributed by atoms with Crippen LogP contribution in [-0.4, -0.2) is 19.8 Å². The number of halogens is 3. The van der Waals surface area contributed by atoms with E-state index in [1.165, 1.54) is 154 Å². The number of benzene rings is 6. The summed E-state index contributed by atoms with van der Waals surface area (Å²) in [6.07, 6.45) is 37.7. The van der Waals surface area contributed by atoms with E-state index in [-0.39, 0.29) is 0 Å². The molecule has 6 aromatic rings. The summed E-state index contributed by atoms with van der Waals surface area (Å²) < 4.78 is 62.0. The maximum Gasteiger partial charge on any atom is 0.647 e. The molecule has 0 saturated carbocycles. The largest absolute Gasteiger partial charge is 0.647 e. The molecule has 0 unspecified atom stereocenters. The van der Waals surface area contributed by atoms with Gasteiger partial charge in [-0.05, 0) is 138 Å². The summed E-state index contributed by atoms with van der Waals surface area (Å²) in [5.41, 5.74) is 12.0. The summed E-state index contributed by atoms with van der Waals surface area (Å²) in [6.45, 7) is 49.1. The summed E-state index contributed by atoms with van der Waals surface area (Å²) in [7, 11) is -5.00. The number of para-hydroxylation sites is 3. The minimum absolute atomic E-state index is 0.436. The Kier molecular flexibility index (Phi) is 39.0. The van der Waals surface area contributed by atoms with E-state index < -0.39 is 40.3 Å². The molecule has 0 aliphatic rings. The number of alkyl halides is 3.